The van der Waals surface area contributed by atoms with E-state index in [1.165, 1.54) is 6.07 Å². The molecule has 0 aliphatic carbocycles. The van der Waals surface area contributed by atoms with Crippen molar-refractivity contribution in [1.29, 1.82) is 0 Å². The second-order valence-corrected chi connectivity index (χ2v) is 2.51. The van der Waals surface area contributed by atoms with Crippen LogP contribution in [0.15, 0.2) is 18.2 Å². The normalized spacial score (nSPS) is 9.75. The molecule has 1 aromatic carbocycles. The Morgan fingerprint density at radius 1 is 1.58 bits per heavy atom. The number of nitrogen functional groups attached to an aromatic ring is 1. The van der Waals surface area contributed by atoms with Gasteiger partial charge in [-0.2, -0.15) is 0 Å². The zero-order valence-electron chi connectivity index (χ0n) is 6.83. The third kappa shape index (κ3) is 1.39. The van der Waals surface area contributed by atoms with Gasteiger partial charge >= 0.3 is 0 Å². The van der Waals surface area contributed by atoms with Crippen molar-refractivity contribution in [1.82, 2.24) is 0 Å². The molecule has 0 spiro atoms. The number of carboxylic acids is 1. The predicted octanol–water partition coefficient (Wildman–Crippen LogP) is 0.195. The number of rotatable bonds is 2. The Balaban J connectivity index is 3.27. The number of hydrogen-bond donors (Lipinski definition) is 1. The van der Waals surface area contributed by atoms with Crippen molar-refractivity contribution in [2.45, 2.75) is 13.3 Å². The van der Waals surface area contributed by atoms with Crippen LogP contribution in [0.3, 0.4) is 0 Å². The molecule has 0 atom stereocenters. The Labute approximate surface area is 70.8 Å². The molecule has 0 bridgehead atoms. The molecular weight excluding hydrogens is 154 g/mol. The molecule has 0 heterocycles. The number of aromatic carboxylic acids is 1. The summed E-state index contributed by atoms with van der Waals surface area (Å²) in [6.45, 7) is 1.86. The lowest BCUT2D eigenvalue weighted by Crippen LogP contribution is -2.24. The average Bonchev–Trinajstić information content (AvgIpc) is 2.03. The molecule has 0 radical (unpaired) electrons. The van der Waals surface area contributed by atoms with Gasteiger partial charge in [0.05, 0.1) is 5.97 Å². The highest BCUT2D eigenvalue weighted by molar-refractivity contribution is 5.89. The van der Waals surface area contributed by atoms with Gasteiger partial charge in [-0.25, -0.2) is 0 Å². The fourth-order valence-electron chi connectivity index (χ4n) is 1.19. The Bertz CT molecular complexity index is 307. The highest BCUT2D eigenvalue weighted by Crippen LogP contribution is 2.16. The first-order valence-electron chi connectivity index (χ1n) is 3.75. The van der Waals surface area contributed by atoms with Crippen molar-refractivity contribution in [2.75, 3.05) is 5.73 Å². The van der Waals surface area contributed by atoms with Crippen molar-refractivity contribution >= 4 is 11.7 Å². The smallest absolute Gasteiger partial charge is 0.0718 e. The summed E-state index contributed by atoms with van der Waals surface area (Å²) in [6.07, 6.45) is 0.607. The number of carboxylic acid groups (broad SMARTS) is 1. The maximum atomic E-state index is 10.6. The maximum Gasteiger partial charge on any atom is 0.0718 e. The summed E-state index contributed by atoms with van der Waals surface area (Å²) in [5, 5.41) is 10.6. The summed E-state index contributed by atoms with van der Waals surface area (Å²) in [4.78, 5) is 10.6. The highest BCUT2D eigenvalue weighted by atomic mass is 16.4. The molecule has 2 N–H and O–H groups in total. The molecule has 1 aromatic rings. The minimum absolute atomic E-state index is 0.192. The molecule has 0 aliphatic heterocycles. The van der Waals surface area contributed by atoms with Crippen LogP contribution >= 0.6 is 0 Å². The maximum absolute atomic E-state index is 10.6. The van der Waals surface area contributed by atoms with Crippen LogP contribution in [0.5, 0.6) is 0 Å². The molecule has 0 fully saturated rings. The summed E-state index contributed by atoms with van der Waals surface area (Å²) in [5.74, 6) is -1.17. The Kier molecular flexibility index (Phi) is 2.33. The minimum Gasteiger partial charge on any atom is -0.545 e. The van der Waals surface area contributed by atoms with Gasteiger partial charge in [0.1, 0.15) is 0 Å². The molecule has 3 heteroatoms. The first-order valence-corrected chi connectivity index (χ1v) is 3.75. The molecule has 0 saturated heterocycles. The summed E-state index contributed by atoms with van der Waals surface area (Å²) in [5.41, 5.74) is 6.93. The minimum atomic E-state index is -1.17. The van der Waals surface area contributed by atoms with Crippen LogP contribution in [0.4, 0.5) is 5.69 Å². The van der Waals surface area contributed by atoms with E-state index < -0.39 is 5.97 Å². The fourth-order valence-corrected chi connectivity index (χ4v) is 1.19. The lowest BCUT2D eigenvalue weighted by molar-refractivity contribution is -0.255. The third-order valence-electron chi connectivity index (χ3n) is 1.79. The van der Waals surface area contributed by atoms with E-state index in [2.05, 4.69) is 0 Å². The van der Waals surface area contributed by atoms with Gasteiger partial charge < -0.3 is 15.6 Å². The summed E-state index contributed by atoms with van der Waals surface area (Å²) < 4.78 is 0. The van der Waals surface area contributed by atoms with Crippen LogP contribution in [0.1, 0.15) is 22.8 Å². The lowest BCUT2D eigenvalue weighted by atomic mass is 10.0. The van der Waals surface area contributed by atoms with Crippen LogP contribution in [0.2, 0.25) is 0 Å². The Morgan fingerprint density at radius 3 is 2.67 bits per heavy atom. The van der Waals surface area contributed by atoms with E-state index in [0.29, 0.717) is 17.7 Å². The summed E-state index contributed by atoms with van der Waals surface area (Å²) in [6, 6.07) is 4.80. The van der Waals surface area contributed by atoms with Gasteiger partial charge in [-0.1, -0.05) is 19.1 Å². The molecular formula is C9H10NO2-. The lowest BCUT2D eigenvalue weighted by Gasteiger charge is -2.10. The molecule has 3 nitrogen and oxygen atoms in total. The number of hydrogen-bond acceptors (Lipinski definition) is 3. The monoisotopic (exact) mass is 164 g/mol. The van der Waals surface area contributed by atoms with E-state index in [0.717, 1.165) is 0 Å². The van der Waals surface area contributed by atoms with E-state index in [1.54, 1.807) is 12.1 Å². The number of benzene rings is 1. The fraction of sp³-hybridized carbons (Fsp3) is 0.222. The van der Waals surface area contributed by atoms with Crippen LogP contribution in [0, 0.1) is 0 Å². The van der Waals surface area contributed by atoms with Gasteiger partial charge in [0.2, 0.25) is 0 Å². The number of anilines is 1. The molecule has 0 amide bonds. The van der Waals surface area contributed by atoms with Crippen LogP contribution in [0.25, 0.3) is 0 Å². The molecule has 12 heavy (non-hydrogen) atoms. The number of carbonyl (C=O) groups is 1. The second kappa shape index (κ2) is 3.26. The van der Waals surface area contributed by atoms with Crippen LogP contribution < -0.4 is 10.8 Å². The average molecular weight is 164 g/mol. The van der Waals surface area contributed by atoms with Crippen molar-refractivity contribution in [3.63, 3.8) is 0 Å². The van der Waals surface area contributed by atoms with E-state index >= 15 is 0 Å². The van der Waals surface area contributed by atoms with Gasteiger partial charge in [-0.3, -0.25) is 0 Å². The molecule has 0 aliphatic rings. The highest BCUT2D eigenvalue weighted by Gasteiger charge is 2.03. The number of nitrogens with two attached hydrogens (primary N) is 1. The van der Waals surface area contributed by atoms with Crippen LogP contribution in [-0.2, 0) is 6.42 Å². The van der Waals surface area contributed by atoms with E-state index in [1.807, 2.05) is 6.92 Å². The first-order chi connectivity index (χ1) is 5.66. The first kappa shape index (κ1) is 8.59. The van der Waals surface area contributed by atoms with Crippen molar-refractivity contribution in [3.8, 4) is 0 Å². The van der Waals surface area contributed by atoms with Gasteiger partial charge in [-0.15, -0.1) is 0 Å². The quantitative estimate of drug-likeness (QED) is 0.635. The van der Waals surface area contributed by atoms with Crippen LogP contribution in [-0.4, -0.2) is 5.97 Å². The van der Waals surface area contributed by atoms with Crippen molar-refractivity contribution in [2.24, 2.45) is 0 Å². The Hall–Kier alpha value is -1.51. The van der Waals surface area contributed by atoms with E-state index in [9.17, 15) is 9.90 Å². The van der Waals surface area contributed by atoms with E-state index in [4.69, 9.17) is 5.73 Å². The predicted molar refractivity (Wildman–Crippen MR) is 44.6 cm³/mol. The standard InChI is InChI=1S/C9H11NO2/c1-2-6-7(9(11)12)4-3-5-8(6)10/h3-5H,2,10H2,1H3,(H,11,12)/p-1. The van der Waals surface area contributed by atoms with Gasteiger partial charge in [0.25, 0.3) is 0 Å². The molecule has 1 rings (SSSR count). The molecule has 0 unspecified atom stereocenters. The Morgan fingerprint density at radius 2 is 2.25 bits per heavy atom. The van der Waals surface area contributed by atoms with Crippen molar-refractivity contribution < 1.29 is 9.90 Å². The van der Waals surface area contributed by atoms with Gasteiger partial charge in [-0.05, 0) is 18.1 Å². The summed E-state index contributed by atoms with van der Waals surface area (Å²) in [7, 11) is 0. The van der Waals surface area contributed by atoms with E-state index in [-0.39, 0.29) is 5.56 Å². The molecule has 0 saturated carbocycles. The van der Waals surface area contributed by atoms with Crippen molar-refractivity contribution in [3.05, 3.63) is 29.3 Å². The zero-order chi connectivity index (χ0) is 9.14. The molecule has 64 valence electrons. The SMILES string of the molecule is CCc1c(N)cccc1C(=O)[O-]. The second-order valence-electron chi connectivity index (χ2n) is 2.51. The largest absolute Gasteiger partial charge is 0.545 e. The third-order valence-corrected chi connectivity index (χ3v) is 1.79. The topological polar surface area (TPSA) is 66.2 Å². The summed E-state index contributed by atoms with van der Waals surface area (Å²) >= 11 is 0. The van der Waals surface area contributed by atoms with Gasteiger partial charge in [0, 0.05) is 11.3 Å². The number of carbonyl (C=O) groups excluding carboxylic acids is 1. The zero-order valence-corrected chi connectivity index (χ0v) is 6.83. The van der Waals surface area contributed by atoms with Gasteiger partial charge in [0.15, 0.2) is 0 Å². The molecule has 0 aromatic heterocycles.